The van der Waals surface area contributed by atoms with Crippen LogP contribution in [0, 0.1) is 0 Å². The van der Waals surface area contributed by atoms with Gasteiger partial charge in [-0.3, -0.25) is 0 Å². The van der Waals surface area contributed by atoms with Crippen LogP contribution in [0.1, 0.15) is 11.1 Å². The van der Waals surface area contributed by atoms with Crippen LogP contribution in [0.2, 0.25) is 0 Å². The van der Waals surface area contributed by atoms with Crippen molar-refractivity contribution >= 4 is 70.6 Å². The van der Waals surface area contributed by atoms with Crippen LogP contribution < -0.4 is 112 Å². The van der Waals surface area contributed by atoms with Gasteiger partial charge in [0.05, 0.1) is 22.5 Å². The molecule has 1 aliphatic rings. The zero-order chi connectivity index (χ0) is 21.1. The predicted octanol–water partition coefficient (Wildman–Crippen LogP) is 0.602. The van der Waals surface area contributed by atoms with Gasteiger partial charge in [0.1, 0.15) is 0 Å². The average Bonchev–Trinajstić information content (AvgIpc) is 2.52. The maximum atomic E-state index is 13.4. The van der Waals surface area contributed by atoms with Gasteiger partial charge in [-0.15, -0.1) is 0 Å². The summed E-state index contributed by atoms with van der Waals surface area (Å²) in [7, 11) is 0. The molecular weight excluding hydrogens is 579 g/mol. The molecule has 0 N–H and O–H groups in total. The van der Waals surface area contributed by atoms with Gasteiger partial charge in [-0.1, -0.05) is 47.9 Å². The molecule has 152 valence electrons. The molecule has 3 rings (SSSR count). The van der Waals surface area contributed by atoms with E-state index in [4.69, 9.17) is 48.1 Å². The van der Waals surface area contributed by atoms with Crippen molar-refractivity contribution in [1.82, 2.24) is 0 Å². The second kappa shape index (κ2) is 10.9. The van der Waals surface area contributed by atoms with Gasteiger partial charge >= 0.3 is 115 Å². The summed E-state index contributed by atoms with van der Waals surface area (Å²) in [6.45, 7) is 0. The first-order valence-corrected chi connectivity index (χ1v) is 14.7. The van der Waals surface area contributed by atoms with E-state index < -0.39 is 34.6 Å². The van der Waals surface area contributed by atoms with E-state index in [1.165, 1.54) is 24.3 Å². The largest absolute Gasteiger partial charge is 1.00 e. The van der Waals surface area contributed by atoms with E-state index >= 15 is 0 Å². The smallest absolute Gasteiger partial charge is 0.704 e. The molecular formula is C14H8F6K2N2P2S4. The normalized spacial score (nSPS) is 23.9. The van der Waals surface area contributed by atoms with E-state index in [-0.39, 0.29) is 114 Å². The fourth-order valence-electron chi connectivity index (χ4n) is 2.73. The molecule has 2 aromatic carbocycles. The van der Waals surface area contributed by atoms with Crippen LogP contribution in [0.5, 0.6) is 0 Å². The van der Waals surface area contributed by atoms with Crippen molar-refractivity contribution in [3.63, 3.8) is 0 Å². The molecule has 0 aromatic heterocycles. The number of para-hydroxylation sites is 2. The third-order valence-electron chi connectivity index (χ3n) is 3.81. The molecule has 1 heterocycles. The summed E-state index contributed by atoms with van der Waals surface area (Å²) in [5, 5.41) is 0. The Morgan fingerprint density at radius 3 is 1.17 bits per heavy atom. The van der Waals surface area contributed by atoms with Crippen LogP contribution in [0.25, 0.3) is 0 Å². The monoisotopic (exact) mass is 586 g/mol. The molecule has 0 radical (unpaired) electrons. The molecule has 1 saturated heterocycles. The molecule has 0 bridgehead atoms. The number of hydrogen-bond acceptors (Lipinski definition) is 4. The van der Waals surface area contributed by atoms with Gasteiger partial charge in [-0.2, -0.15) is 26.3 Å². The molecule has 1 fully saturated rings. The third kappa shape index (κ3) is 5.82. The number of hydrogen-bond donors (Lipinski definition) is 0. The summed E-state index contributed by atoms with van der Waals surface area (Å²) in [6.07, 6.45) is -9.45. The van der Waals surface area contributed by atoms with Crippen molar-refractivity contribution in [2.24, 2.45) is 0 Å². The van der Waals surface area contributed by atoms with Gasteiger partial charge in [0.15, 0.2) is 0 Å². The van der Waals surface area contributed by atoms with Gasteiger partial charge in [0.25, 0.3) is 0 Å². The second-order valence-corrected chi connectivity index (χ2v) is 17.3. The minimum absolute atomic E-state index is 0. The molecule has 0 aliphatic carbocycles. The molecule has 0 saturated carbocycles. The van der Waals surface area contributed by atoms with Crippen LogP contribution in [0.3, 0.4) is 0 Å². The van der Waals surface area contributed by atoms with Crippen LogP contribution in [0.15, 0.2) is 48.5 Å². The number of alkyl halides is 6. The SMILES string of the molecule is FC(F)(F)c1ccccc1N1P(=S)([S-])N(c2ccccc2C(F)(F)F)P1(=S)[S-].[K+].[K+]. The van der Waals surface area contributed by atoms with Crippen molar-refractivity contribution < 1.29 is 129 Å². The summed E-state index contributed by atoms with van der Waals surface area (Å²) in [4.78, 5) is 0. The Kier molecular flexibility index (Phi) is 11.2. The topological polar surface area (TPSA) is 6.48 Å². The van der Waals surface area contributed by atoms with E-state index in [1.807, 2.05) is 0 Å². The zero-order valence-corrected chi connectivity index (χ0v) is 26.6. The minimum atomic E-state index is -4.73. The number of benzene rings is 2. The van der Waals surface area contributed by atoms with Crippen molar-refractivity contribution in [3.05, 3.63) is 59.7 Å². The number of anilines is 2. The fraction of sp³-hybridized carbons (Fsp3) is 0.143. The Hall–Kier alpha value is 2.89. The summed E-state index contributed by atoms with van der Waals surface area (Å²) in [6, 6.07) is 8.98. The quantitative estimate of drug-likeness (QED) is 0.219. The van der Waals surface area contributed by atoms with Crippen molar-refractivity contribution in [1.29, 1.82) is 0 Å². The zero-order valence-electron chi connectivity index (χ0n) is 15.3. The molecule has 0 unspecified atom stereocenters. The van der Waals surface area contributed by atoms with Crippen molar-refractivity contribution in [3.8, 4) is 0 Å². The molecule has 0 amide bonds. The van der Waals surface area contributed by atoms with E-state index in [9.17, 15) is 26.3 Å². The Labute approximate surface area is 275 Å². The van der Waals surface area contributed by atoms with Crippen LogP contribution in [-0.4, -0.2) is 0 Å². The number of nitrogens with zero attached hydrogens (tertiary/aromatic N) is 2. The minimum Gasteiger partial charge on any atom is -0.704 e. The average molecular weight is 587 g/mol. The summed E-state index contributed by atoms with van der Waals surface area (Å²) in [5.74, 6) is 0. The van der Waals surface area contributed by atoms with Crippen LogP contribution in [0.4, 0.5) is 37.7 Å². The molecule has 1 aliphatic heterocycles. The second-order valence-electron chi connectivity index (χ2n) is 5.59. The van der Waals surface area contributed by atoms with E-state index in [0.29, 0.717) is 0 Å². The molecule has 0 spiro atoms. The van der Waals surface area contributed by atoms with Crippen molar-refractivity contribution in [2.75, 3.05) is 8.88 Å². The maximum Gasteiger partial charge on any atom is 1.00 e. The fourth-order valence-corrected chi connectivity index (χ4v) is 20.6. The van der Waals surface area contributed by atoms with E-state index in [0.717, 1.165) is 33.1 Å². The summed E-state index contributed by atoms with van der Waals surface area (Å²) < 4.78 is 82.5. The van der Waals surface area contributed by atoms with Crippen LogP contribution >= 0.6 is 11.1 Å². The van der Waals surface area contributed by atoms with E-state index in [2.05, 4.69) is 0 Å². The van der Waals surface area contributed by atoms with Gasteiger partial charge in [-0.05, 0) is 24.3 Å². The first kappa shape index (κ1) is 30.9. The molecule has 2 nitrogen and oxygen atoms in total. The number of halogens is 6. The van der Waals surface area contributed by atoms with Gasteiger partial charge in [0.2, 0.25) is 0 Å². The van der Waals surface area contributed by atoms with Gasteiger partial charge in [0, 0.05) is 11.1 Å². The molecule has 16 heteroatoms. The Morgan fingerprint density at radius 2 is 0.900 bits per heavy atom. The Morgan fingerprint density at radius 1 is 0.633 bits per heavy atom. The molecule has 0 atom stereocenters. The third-order valence-corrected chi connectivity index (χ3v) is 16.5. The predicted molar refractivity (Wildman–Crippen MR) is 111 cm³/mol. The number of rotatable bonds is 2. The van der Waals surface area contributed by atoms with Gasteiger partial charge < -0.3 is 33.4 Å². The Bertz CT molecular complexity index is 938. The first-order chi connectivity index (χ1) is 12.7. The summed E-state index contributed by atoms with van der Waals surface area (Å²) in [5.41, 5.74) is -9.87. The maximum absolute atomic E-state index is 13.4. The Balaban J connectivity index is 0.00000225. The molecule has 30 heavy (non-hydrogen) atoms. The summed E-state index contributed by atoms with van der Waals surface area (Å²) >= 11 is 21.3. The standard InChI is InChI=1S/C14H10F6N2P2S4.2K/c15-13(16,17)9-5-1-3-7-11(9)21-23(25,26)22(24(21,27)28)12-8-4-2-6-10(12)14(18,19)20;;/h1-8H,(H,25,26)(H,27,28);;/q;2*+1/p-2. The van der Waals surface area contributed by atoms with E-state index in [1.54, 1.807) is 0 Å². The first-order valence-electron chi connectivity index (χ1n) is 7.27. The van der Waals surface area contributed by atoms with Crippen LogP contribution in [-0.2, 0) is 60.5 Å². The molecule has 2 aromatic rings. The van der Waals surface area contributed by atoms with Gasteiger partial charge in [-0.25, -0.2) is 0 Å². The van der Waals surface area contributed by atoms with Crippen molar-refractivity contribution in [2.45, 2.75) is 12.4 Å².